The quantitative estimate of drug-likeness (QED) is 0.686. The van der Waals surface area contributed by atoms with Crippen LogP contribution in [-0.2, 0) is 0 Å². The maximum atomic E-state index is 10.7. The Morgan fingerprint density at radius 1 is 1.42 bits per heavy atom. The molecule has 2 rings (SSSR count). The van der Waals surface area contributed by atoms with E-state index in [0.717, 1.165) is 5.69 Å². The first-order valence-electron chi connectivity index (χ1n) is 5.54. The first kappa shape index (κ1) is 13.2. The van der Waals surface area contributed by atoms with Gasteiger partial charge in [-0.15, -0.1) is 0 Å². The van der Waals surface area contributed by atoms with Crippen molar-refractivity contribution < 1.29 is 4.92 Å². The van der Waals surface area contributed by atoms with E-state index in [1.165, 1.54) is 12.1 Å². The van der Waals surface area contributed by atoms with E-state index in [1.807, 2.05) is 6.92 Å². The minimum absolute atomic E-state index is 0.0776. The van der Waals surface area contributed by atoms with Crippen LogP contribution in [0.25, 0.3) is 0 Å². The number of halogens is 1. The number of nitrogens with one attached hydrogen (secondary N) is 1. The van der Waals surface area contributed by atoms with Crippen molar-refractivity contribution in [2.45, 2.75) is 13.0 Å². The second-order valence-corrected chi connectivity index (χ2v) is 4.33. The molecule has 1 aromatic carbocycles. The third kappa shape index (κ3) is 3.17. The van der Waals surface area contributed by atoms with Crippen molar-refractivity contribution >= 4 is 23.0 Å². The highest BCUT2D eigenvalue weighted by Crippen LogP contribution is 2.28. The number of aromatic nitrogens is 2. The van der Waals surface area contributed by atoms with E-state index in [1.54, 1.807) is 24.7 Å². The molecule has 0 radical (unpaired) electrons. The maximum Gasteiger partial charge on any atom is 0.288 e. The molecule has 1 unspecified atom stereocenters. The van der Waals surface area contributed by atoms with E-state index in [-0.39, 0.29) is 16.8 Å². The molecule has 0 fully saturated rings. The molecule has 2 aromatic rings. The maximum absolute atomic E-state index is 10.7. The number of anilines is 1. The van der Waals surface area contributed by atoms with Crippen molar-refractivity contribution in [3.05, 3.63) is 57.6 Å². The van der Waals surface area contributed by atoms with Crippen LogP contribution >= 0.6 is 11.6 Å². The monoisotopic (exact) mass is 278 g/mol. The van der Waals surface area contributed by atoms with Crippen LogP contribution in [0.4, 0.5) is 11.4 Å². The summed E-state index contributed by atoms with van der Waals surface area (Å²) in [7, 11) is 0. The molecule has 0 bridgehead atoms. The van der Waals surface area contributed by atoms with Crippen molar-refractivity contribution in [1.29, 1.82) is 0 Å². The van der Waals surface area contributed by atoms with Crippen LogP contribution in [0.3, 0.4) is 0 Å². The Morgan fingerprint density at radius 2 is 2.21 bits per heavy atom. The first-order valence-corrected chi connectivity index (χ1v) is 5.92. The van der Waals surface area contributed by atoms with E-state index in [0.29, 0.717) is 5.69 Å². The summed E-state index contributed by atoms with van der Waals surface area (Å²) in [5.41, 5.74) is 1.35. The molecule has 0 aliphatic carbocycles. The van der Waals surface area contributed by atoms with Gasteiger partial charge in [0, 0.05) is 24.1 Å². The fourth-order valence-corrected chi connectivity index (χ4v) is 1.85. The molecule has 0 amide bonds. The van der Waals surface area contributed by atoms with Crippen LogP contribution in [0.2, 0.25) is 5.02 Å². The second-order valence-electron chi connectivity index (χ2n) is 3.92. The highest BCUT2D eigenvalue weighted by atomic mass is 35.5. The van der Waals surface area contributed by atoms with Crippen molar-refractivity contribution in [2.75, 3.05) is 5.32 Å². The number of nitrogens with zero attached hydrogens (tertiary/aromatic N) is 3. The number of hydrogen-bond donors (Lipinski definition) is 1. The van der Waals surface area contributed by atoms with Gasteiger partial charge in [-0.25, -0.2) is 0 Å². The second kappa shape index (κ2) is 5.62. The van der Waals surface area contributed by atoms with Crippen LogP contribution in [0, 0.1) is 10.1 Å². The normalized spacial score (nSPS) is 11.9. The standard InChI is InChI=1S/C12H11ClN4O2/c1-8(11-7-14-4-5-15-11)16-9-2-3-12(17(18)19)10(13)6-9/h2-8,16H,1H3. The summed E-state index contributed by atoms with van der Waals surface area (Å²) in [4.78, 5) is 18.3. The Balaban J connectivity index is 2.16. The fourth-order valence-electron chi connectivity index (χ4n) is 1.60. The SMILES string of the molecule is CC(Nc1ccc([N+](=O)[O-])c(Cl)c1)c1cnccn1. The predicted molar refractivity (Wildman–Crippen MR) is 72.2 cm³/mol. The van der Waals surface area contributed by atoms with Crippen LogP contribution in [-0.4, -0.2) is 14.9 Å². The number of rotatable bonds is 4. The molecule has 0 aliphatic rings. The van der Waals surface area contributed by atoms with Gasteiger partial charge in [-0.2, -0.15) is 0 Å². The van der Waals surface area contributed by atoms with Crippen LogP contribution in [0.1, 0.15) is 18.7 Å². The lowest BCUT2D eigenvalue weighted by atomic mass is 10.2. The molecule has 1 atom stereocenters. The Bertz CT molecular complexity index is 592. The summed E-state index contributed by atoms with van der Waals surface area (Å²) in [5.74, 6) is 0. The Morgan fingerprint density at radius 3 is 2.79 bits per heavy atom. The van der Waals surface area contributed by atoms with Crippen molar-refractivity contribution in [3.8, 4) is 0 Å². The molecule has 1 aromatic heterocycles. The zero-order chi connectivity index (χ0) is 13.8. The summed E-state index contributed by atoms with van der Waals surface area (Å²) in [6, 6.07) is 4.42. The topological polar surface area (TPSA) is 81.0 Å². The molecule has 1 heterocycles. The molecule has 19 heavy (non-hydrogen) atoms. The van der Waals surface area contributed by atoms with E-state index >= 15 is 0 Å². The average molecular weight is 279 g/mol. The third-order valence-electron chi connectivity index (χ3n) is 2.55. The molecule has 0 spiro atoms. The zero-order valence-electron chi connectivity index (χ0n) is 10.1. The lowest BCUT2D eigenvalue weighted by molar-refractivity contribution is -0.384. The summed E-state index contributed by atoms with van der Waals surface area (Å²) in [6.07, 6.45) is 4.86. The molecule has 1 N–H and O–H groups in total. The van der Waals surface area contributed by atoms with Gasteiger partial charge in [0.2, 0.25) is 0 Å². The summed E-state index contributed by atoms with van der Waals surface area (Å²) >= 11 is 5.84. The van der Waals surface area contributed by atoms with Crippen LogP contribution in [0.15, 0.2) is 36.8 Å². The number of nitro groups is 1. The van der Waals surface area contributed by atoms with Gasteiger partial charge >= 0.3 is 0 Å². The molecule has 0 aliphatic heterocycles. The van der Waals surface area contributed by atoms with E-state index in [4.69, 9.17) is 11.6 Å². The predicted octanol–water partition coefficient (Wildman–Crippen LogP) is 3.21. The minimum Gasteiger partial charge on any atom is -0.377 e. The smallest absolute Gasteiger partial charge is 0.288 e. The molecule has 7 heteroatoms. The van der Waals surface area contributed by atoms with Crippen molar-refractivity contribution in [2.24, 2.45) is 0 Å². The lowest BCUT2D eigenvalue weighted by Crippen LogP contribution is -2.08. The molecular weight excluding hydrogens is 268 g/mol. The Hall–Kier alpha value is -2.21. The van der Waals surface area contributed by atoms with Crippen LogP contribution in [0.5, 0.6) is 0 Å². The van der Waals surface area contributed by atoms with Gasteiger partial charge in [0.15, 0.2) is 0 Å². The summed E-state index contributed by atoms with van der Waals surface area (Å²) in [5, 5.41) is 13.9. The van der Waals surface area contributed by atoms with Crippen LogP contribution < -0.4 is 5.32 Å². The largest absolute Gasteiger partial charge is 0.377 e. The minimum atomic E-state index is -0.516. The molecule has 6 nitrogen and oxygen atoms in total. The third-order valence-corrected chi connectivity index (χ3v) is 2.86. The summed E-state index contributed by atoms with van der Waals surface area (Å²) in [6.45, 7) is 1.92. The molecular formula is C12H11ClN4O2. The van der Waals surface area contributed by atoms with Gasteiger partial charge in [0.25, 0.3) is 5.69 Å². The Labute approximate surface area is 114 Å². The first-order chi connectivity index (χ1) is 9.08. The average Bonchev–Trinajstić information content (AvgIpc) is 2.39. The van der Waals surface area contributed by atoms with Gasteiger partial charge in [-0.3, -0.25) is 20.1 Å². The number of benzene rings is 1. The van der Waals surface area contributed by atoms with Gasteiger partial charge in [-0.05, 0) is 19.1 Å². The highest BCUT2D eigenvalue weighted by molar-refractivity contribution is 6.32. The summed E-state index contributed by atoms with van der Waals surface area (Å²) < 4.78 is 0. The van der Waals surface area contributed by atoms with Crippen molar-refractivity contribution in [3.63, 3.8) is 0 Å². The van der Waals surface area contributed by atoms with E-state index < -0.39 is 4.92 Å². The fraction of sp³-hybridized carbons (Fsp3) is 0.167. The molecule has 0 saturated heterocycles. The zero-order valence-corrected chi connectivity index (χ0v) is 10.8. The molecule has 0 saturated carbocycles. The van der Waals surface area contributed by atoms with Crippen molar-refractivity contribution in [1.82, 2.24) is 9.97 Å². The lowest BCUT2D eigenvalue weighted by Gasteiger charge is -2.14. The Kier molecular flexibility index (Phi) is 3.91. The van der Waals surface area contributed by atoms with E-state index in [9.17, 15) is 10.1 Å². The van der Waals surface area contributed by atoms with Gasteiger partial charge < -0.3 is 5.32 Å². The highest BCUT2D eigenvalue weighted by Gasteiger charge is 2.13. The van der Waals surface area contributed by atoms with E-state index in [2.05, 4.69) is 15.3 Å². The van der Waals surface area contributed by atoms with Gasteiger partial charge in [-0.1, -0.05) is 11.6 Å². The number of nitro benzene ring substituents is 1. The molecule has 98 valence electrons. The number of hydrogen-bond acceptors (Lipinski definition) is 5. The van der Waals surface area contributed by atoms with Gasteiger partial charge in [0.05, 0.1) is 22.9 Å². The van der Waals surface area contributed by atoms with Gasteiger partial charge in [0.1, 0.15) is 5.02 Å².